The van der Waals surface area contributed by atoms with E-state index in [4.69, 9.17) is 0 Å². The SMILES string of the molecule is CCCOC(=O)C(CCC(F)(F)C(F)(F)C(F)(F)C(F)(F)F)C(=O)OCCC. The third kappa shape index (κ3) is 5.90. The molecule has 0 aliphatic carbocycles. The van der Waals surface area contributed by atoms with Crippen LogP contribution >= 0.6 is 0 Å². The number of halogens is 9. The van der Waals surface area contributed by atoms with Crippen LogP contribution in [0.1, 0.15) is 39.5 Å². The molecule has 0 rings (SSSR count). The summed E-state index contributed by atoms with van der Waals surface area (Å²) >= 11 is 0. The number of rotatable bonds is 11. The molecule has 0 saturated carbocycles. The van der Waals surface area contributed by atoms with Gasteiger partial charge in [0.05, 0.1) is 13.2 Å². The normalized spacial score (nSPS) is 13.6. The Bertz CT molecular complexity index is 512. The zero-order valence-electron chi connectivity index (χ0n) is 14.9. The minimum Gasteiger partial charge on any atom is -0.465 e. The molecule has 28 heavy (non-hydrogen) atoms. The van der Waals surface area contributed by atoms with Crippen molar-refractivity contribution in [3.8, 4) is 0 Å². The Morgan fingerprint density at radius 1 is 0.750 bits per heavy atom. The second kappa shape index (κ2) is 9.68. The van der Waals surface area contributed by atoms with E-state index in [2.05, 4.69) is 9.47 Å². The van der Waals surface area contributed by atoms with E-state index in [0.717, 1.165) is 0 Å². The first-order valence-electron chi connectivity index (χ1n) is 8.10. The number of carbonyl (C=O) groups excluding carboxylic acids is 2. The number of esters is 2. The van der Waals surface area contributed by atoms with Gasteiger partial charge in [0.1, 0.15) is 0 Å². The van der Waals surface area contributed by atoms with Gasteiger partial charge in [-0.25, -0.2) is 0 Å². The van der Waals surface area contributed by atoms with Crippen molar-refractivity contribution in [2.45, 2.75) is 63.5 Å². The number of hydrogen-bond acceptors (Lipinski definition) is 4. The van der Waals surface area contributed by atoms with Crippen molar-refractivity contribution in [2.24, 2.45) is 5.92 Å². The van der Waals surface area contributed by atoms with Crippen molar-refractivity contribution in [3.63, 3.8) is 0 Å². The molecular formula is C15H19F9O4. The molecule has 0 atom stereocenters. The quantitative estimate of drug-likeness (QED) is 0.267. The lowest BCUT2D eigenvalue weighted by Crippen LogP contribution is -2.60. The molecule has 0 aromatic rings. The van der Waals surface area contributed by atoms with Crippen LogP contribution in [-0.2, 0) is 19.1 Å². The molecule has 0 heterocycles. The fourth-order valence-corrected chi connectivity index (χ4v) is 1.83. The van der Waals surface area contributed by atoms with E-state index >= 15 is 0 Å². The molecule has 0 aromatic carbocycles. The molecule has 0 N–H and O–H groups in total. The van der Waals surface area contributed by atoms with Crippen LogP contribution in [0, 0.1) is 5.92 Å². The topological polar surface area (TPSA) is 52.6 Å². The predicted octanol–water partition coefficient (Wildman–Crippen LogP) is 4.76. The van der Waals surface area contributed by atoms with E-state index < -0.39 is 54.6 Å². The zero-order chi connectivity index (χ0) is 22.4. The molecule has 0 spiro atoms. The molecule has 0 saturated heterocycles. The van der Waals surface area contributed by atoms with E-state index in [0.29, 0.717) is 0 Å². The van der Waals surface area contributed by atoms with Crippen LogP contribution in [0.5, 0.6) is 0 Å². The minimum atomic E-state index is -7.04. The largest absolute Gasteiger partial charge is 0.465 e. The predicted molar refractivity (Wildman–Crippen MR) is 76.1 cm³/mol. The van der Waals surface area contributed by atoms with Gasteiger partial charge in [-0.15, -0.1) is 0 Å². The summed E-state index contributed by atoms with van der Waals surface area (Å²) in [4.78, 5) is 23.5. The highest BCUT2D eigenvalue weighted by Crippen LogP contribution is 2.54. The lowest BCUT2D eigenvalue weighted by Gasteiger charge is -2.34. The molecule has 0 unspecified atom stereocenters. The summed E-state index contributed by atoms with van der Waals surface area (Å²) in [5, 5.41) is 0. The van der Waals surface area contributed by atoms with Crippen molar-refractivity contribution in [2.75, 3.05) is 13.2 Å². The summed E-state index contributed by atoms with van der Waals surface area (Å²) in [5.41, 5.74) is 0. The van der Waals surface area contributed by atoms with Gasteiger partial charge in [-0.3, -0.25) is 9.59 Å². The summed E-state index contributed by atoms with van der Waals surface area (Å²) < 4.78 is 125. The number of ether oxygens (including phenoxy) is 2. The van der Waals surface area contributed by atoms with Gasteiger partial charge < -0.3 is 9.47 Å². The van der Waals surface area contributed by atoms with Crippen molar-refractivity contribution in [1.29, 1.82) is 0 Å². The fourth-order valence-electron chi connectivity index (χ4n) is 1.83. The Morgan fingerprint density at radius 3 is 1.46 bits per heavy atom. The van der Waals surface area contributed by atoms with Crippen LogP contribution in [-0.4, -0.2) is 49.1 Å². The number of carbonyl (C=O) groups is 2. The van der Waals surface area contributed by atoms with Gasteiger partial charge in [0, 0.05) is 6.42 Å². The lowest BCUT2D eigenvalue weighted by atomic mass is 9.94. The summed E-state index contributed by atoms with van der Waals surface area (Å²) in [6, 6.07) is 0. The Morgan fingerprint density at radius 2 is 1.14 bits per heavy atom. The van der Waals surface area contributed by atoms with Gasteiger partial charge >= 0.3 is 35.9 Å². The van der Waals surface area contributed by atoms with Crippen LogP contribution in [0.3, 0.4) is 0 Å². The Hall–Kier alpha value is -1.69. The average Bonchev–Trinajstić information content (AvgIpc) is 2.56. The molecule has 0 bridgehead atoms. The first-order chi connectivity index (χ1) is 12.6. The molecule has 0 amide bonds. The Kier molecular flexibility index (Phi) is 9.10. The maximum absolute atomic E-state index is 13.6. The van der Waals surface area contributed by atoms with Gasteiger partial charge in [0.25, 0.3) is 0 Å². The zero-order valence-corrected chi connectivity index (χ0v) is 14.9. The summed E-state index contributed by atoms with van der Waals surface area (Å²) in [5.74, 6) is -24.8. The van der Waals surface area contributed by atoms with Gasteiger partial charge in [-0.1, -0.05) is 13.8 Å². The standard InChI is InChI=1S/C15H19F9O4/c1-3-7-27-10(25)9(11(26)28-8-4-2)5-6-12(16,17)13(18,19)14(20,21)15(22,23)24/h9H,3-8H2,1-2H3. The van der Waals surface area contributed by atoms with Gasteiger partial charge in [-0.2, -0.15) is 39.5 Å². The van der Waals surface area contributed by atoms with E-state index in [-0.39, 0.29) is 26.1 Å². The second-order valence-corrected chi connectivity index (χ2v) is 5.78. The number of alkyl halides is 9. The van der Waals surface area contributed by atoms with Crippen LogP contribution in [0.4, 0.5) is 39.5 Å². The Balaban J connectivity index is 5.49. The highest BCUT2D eigenvalue weighted by molar-refractivity contribution is 5.94. The Labute approximate surface area is 154 Å². The average molecular weight is 434 g/mol. The van der Waals surface area contributed by atoms with Crippen LogP contribution in [0.15, 0.2) is 0 Å². The maximum atomic E-state index is 13.6. The molecule has 0 aromatic heterocycles. The monoisotopic (exact) mass is 434 g/mol. The molecule has 0 fully saturated rings. The van der Waals surface area contributed by atoms with Crippen molar-refractivity contribution in [3.05, 3.63) is 0 Å². The molecule has 13 heteroatoms. The molecule has 4 nitrogen and oxygen atoms in total. The molecule has 0 aliphatic heterocycles. The van der Waals surface area contributed by atoms with Gasteiger partial charge in [0.15, 0.2) is 5.92 Å². The van der Waals surface area contributed by atoms with Crippen LogP contribution < -0.4 is 0 Å². The summed E-state index contributed by atoms with van der Waals surface area (Å²) in [6.45, 7) is 2.53. The molecule has 0 radical (unpaired) electrons. The van der Waals surface area contributed by atoms with Crippen molar-refractivity contribution >= 4 is 11.9 Å². The molecule has 0 aliphatic rings. The van der Waals surface area contributed by atoms with E-state index in [9.17, 15) is 49.1 Å². The third-order valence-electron chi connectivity index (χ3n) is 3.42. The summed E-state index contributed by atoms with van der Waals surface area (Å²) in [7, 11) is 0. The smallest absolute Gasteiger partial charge is 0.460 e. The third-order valence-corrected chi connectivity index (χ3v) is 3.42. The summed E-state index contributed by atoms with van der Waals surface area (Å²) in [6.07, 6.45) is -10.3. The molecule has 166 valence electrons. The molecular weight excluding hydrogens is 415 g/mol. The van der Waals surface area contributed by atoms with Crippen molar-refractivity contribution < 1.29 is 58.6 Å². The van der Waals surface area contributed by atoms with E-state index in [1.54, 1.807) is 0 Å². The maximum Gasteiger partial charge on any atom is 0.460 e. The number of hydrogen-bond donors (Lipinski definition) is 0. The first-order valence-corrected chi connectivity index (χ1v) is 8.10. The fraction of sp³-hybridized carbons (Fsp3) is 0.867. The van der Waals surface area contributed by atoms with Crippen molar-refractivity contribution in [1.82, 2.24) is 0 Å². The lowest BCUT2D eigenvalue weighted by molar-refractivity contribution is -0.396. The van der Waals surface area contributed by atoms with Gasteiger partial charge in [0.2, 0.25) is 0 Å². The minimum absolute atomic E-state index is 0.245. The van der Waals surface area contributed by atoms with Crippen LogP contribution in [0.25, 0.3) is 0 Å². The van der Waals surface area contributed by atoms with Crippen LogP contribution in [0.2, 0.25) is 0 Å². The highest BCUT2D eigenvalue weighted by atomic mass is 19.4. The van der Waals surface area contributed by atoms with E-state index in [1.807, 2.05) is 0 Å². The highest BCUT2D eigenvalue weighted by Gasteiger charge is 2.81. The first kappa shape index (κ1) is 26.3. The second-order valence-electron chi connectivity index (χ2n) is 5.78. The van der Waals surface area contributed by atoms with Gasteiger partial charge in [-0.05, 0) is 19.3 Å². The van der Waals surface area contributed by atoms with E-state index in [1.165, 1.54) is 13.8 Å².